The number of aryl methyl sites for hydroxylation is 2. The highest BCUT2D eigenvalue weighted by atomic mass is 32.1. The number of thiocarbonyl (C=S) groups is 1. The summed E-state index contributed by atoms with van der Waals surface area (Å²) >= 11 is 5.47. The van der Waals surface area contributed by atoms with Crippen LogP contribution in [0, 0.1) is 6.92 Å². The van der Waals surface area contributed by atoms with E-state index in [0.29, 0.717) is 5.11 Å². The van der Waals surface area contributed by atoms with Gasteiger partial charge in [0.1, 0.15) is 11.6 Å². The Morgan fingerprint density at radius 2 is 2.22 bits per heavy atom. The summed E-state index contributed by atoms with van der Waals surface area (Å²) in [6.45, 7) is 2.01. The molecule has 1 aromatic heterocycles. The van der Waals surface area contributed by atoms with Gasteiger partial charge in [0, 0.05) is 6.20 Å². The van der Waals surface area contributed by atoms with Gasteiger partial charge in [-0.05, 0) is 73.3 Å². The average molecular weight is 327 g/mol. The summed E-state index contributed by atoms with van der Waals surface area (Å²) in [5, 5.41) is 7.23. The van der Waals surface area contributed by atoms with Gasteiger partial charge >= 0.3 is 0 Å². The van der Waals surface area contributed by atoms with Gasteiger partial charge in [-0.15, -0.1) is 0 Å². The molecule has 0 amide bonds. The molecule has 0 aliphatic heterocycles. The molecule has 0 bridgehead atoms. The zero-order valence-corrected chi connectivity index (χ0v) is 14.2. The minimum Gasteiger partial charge on any atom is -0.497 e. The van der Waals surface area contributed by atoms with Crippen LogP contribution >= 0.6 is 12.2 Å². The summed E-state index contributed by atoms with van der Waals surface area (Å²) in [7, 11) is 1.70. The lowest BCUT2D eigenvalue weighted by atomic mass is 9.87. The third-order valence-corrected chi connectivity index (χ3v) is 4.43. The first-order chi connectivity index (χ1) is 11.2. The van der Waals surface area contributed by atoms with Gasteiger partial charge in [0.25, 0.3) is 0 Å². The van der Waals surface area contributed by atoms with Crippen LogP contribution in [0.2, 0.25) is 0 Å². The van der Waals surface area contributed by atoms with E-state index < -0.39 is 0 Å². The van der Waals surface area contributed by atoms with E-state index in [1.54, 1.807) is 13.3 Å². The molecule has 120 valence electrons. The molecule has 0 radical (unpaired) electrons. The van der Waals surface area contributed by atoms with Crippen LogP contribution in [-0.2, 0) is 6.42 Å². The summed E-state index contributed by atoms with van der Waals surface area (Å²) in [5.41, 5.74) is 3.72. The summed E-state index contributed by atoms with van der Waals surface area (Å²) in [6.07, 6.45) is 5.07. The largest absolute Gasteiger partial charge is 0.497 e. The van der Waals surface area contributed by atoms with Crippen LogP contribution in [0.3, 0.4) is 0 Å². The molecule has 2 N–H and O–H groups in total. The summed E-state index contributed by atoms with van der Waals surface area (Å²) in [4.78, 5) is 4.32. The van der Waals surface area contributed by atoms with Crippen molar-refractivity contribution in [2.75, 3.05) is 12.4 Å². The van der Waals surface area contributed by atoms with E-state index in [1.165, 1.54) is 11.1 Å². The van der Waals surface area contributed by atoms with Crippen molar-refractivity contribution in [2.45, 2.75) is 32.2 Å². The lowest BCUT2D eigenvalue weighted by Crippen LogP contribution is -2.34. The Hall–Kier alpha value is -2.14. The van der Waals surface area contributed by atoms with E-state index >= 15 is 0 Å². The summed E-state index contributed by atoms with van der Waals surface area (Å²) in [5.74, 6) is 1.71. The van der Waals surface area contributed by atoms with Gasteiger partial charge in [-0.25, -0.2) is 4.98 Å². The molecule has 1 atom stereocenters. The molecule has 0 saturated heterocycles. The first kappa shape index (κ1) is 15.7. The number of rotatable bonds is 3. The number of nitrogens with one attached hydrogen (secondary N) is 2. The normalized spacial score (nSPS) is 16.3. The van der Waals surface area contributed by atoms with Crippen molar-refractivity contribution in [1.29, 1.82) is 0 Å². The highest BCUT2D eigenvalue weighted by Crippen LogP contribution is 2.32. The summed E-state index contributed by atoms with van der Waals surface area (Å²) < 4.78 is 5.32. The van der Waals surface area contributed by atoms with E-state index in [9.17, 15) is 0 Å². The smallest absolute Gasteiger partial charge is 0.172 e. The first-order valence-electron chi connectivity index (χ1n) is 7.83. The van der Waals surface area contributed by atoms with Crippen molar-refractivity contribution >= 4 is 23.1 Å². The van der Waals surface area contributed by atoms with Gasteiger partial charge < -0.3 is 15.4 Å². The highest BCUT2D eigenvalue weighted by molar-refractivity contribution is 7.80. The second-order valence-corrected chi connectivity index (χ2v) is 6.19. The highest BCUT2D eigenvalue weighted by Gasteiger charge is 2.21. The van der Waals surface area contributed by atoms with E-state index in [-0.39, 0.29) is 6.04 Å². The van der Waals surface area contributed by atoms with Crippen molar-refractivity contribution in [1.82, 2.24) is 10.3 Å². The average Bonchev–Trinajstić information content (AvgIpc) is 2.56. The maximum atomic E-state index is 5.47. The van der Waals surface area contributed by atoms with E-state index in [2.05, 4.69) is 27.8 Å². The van der Waals surface area contributed by atoms with Crippen LogP contribution in [-0.4, -0.2) is 17.2 Å². The number of fused-ring (bicyclic) bond motifs is 1. The number of hydrogen-bond donors (Lipinski definition) is 2. The SMILES string of the molecule is COc1ccc2c(c1)CCCC2NC(=S)Nc1ncccc1C. The fourth-order valence-corrected chi connectivity index (χ4v) is 3.22. The van der Waals surface area contributed by atoms with Gasteiger partial charge in [-0.3, -0.25) is 0 Å². The third-order valence-electron chi connectivity index (χ3n) is 4.21. The number of nitrogens with zero attached hydrogens (tertiary/aromatic N) is 1. The van der Waals surface area contributed by atoms with Crippen molar-refractivity contribution in [3.8, 4) is 5.75 Å². The molecule has 0 fully saturated rings. The molecule has 1 unspecified atom stereocenters. The number of ether oxygens (including phenoxy) is 1. The summed E-state index contributed by atoms with van der Waals surface area (Å²) in [6, 6.07) is 10.4. The molecule has 1 aliphatic rings. The molecular formula is C18H21N3OS. The Morgan fingerprint density at radius 3 is 3.00 bits per heavy atom. The fourth-order valence-electron chi connectivity index (χ4n) is 2.99. The van der Waals surface area contributed by atoms with Crippen LogP contribution in [0.5, 0.6) is 5.75 Å². The standard InChI is InChI=1S/C18H21N3OS/c1-12-5-4-10-19-17(12)21-18(23)20-16-7-3-6-13-11-14(22-2)8-9-15(13)16/h4-5,8-11,16H,3,6-7H2,1-2H3,(H2,19,20,21,23). The van der Waals surface area contributed by atoms with Crippen molar-refractivity contribution in [3.05, 3.63) is 53.2 Å². The zero-order chi connectivity index (χ0) is 16.2. The molecule has 4 nitrogen and oxygen atoms in total. The number of hydrogen-bond acceptors (Lipinski definition) is 3. The number of aromatic nitrogens is 1. The third kappa shape index (κ3) is 3.62. The Bertz CT molecular complexity index is 717. The van der Waals surface area contributed by atoms with Crippen molar-refractivity contribution in [2.24, 2.45) is 0 Å². The van der Waals surface area contributed by atoms with Crippen LogP contribution in [0.25, 0.3) is 0 Å². The van der Waals surface area contributed by atoms with Crippen LogP contribution in [0.4, 0.5) is 5.82 Å². The molecule has 1 aromatic carbocycles. The van der Waals surface area contributed by atoms with Gasteiger partial charge in [0.2, 0.25) is 0 Å². The number of methoxy groups -OCH3 is 1. The lowest BCUT2D eigenvalue weighted by Gasteiger charge is -2.28. The molecule has 23 heavy (non-hydrogen) atoms. The minimum atomic E-state index is 0.230. The number of anilines is 1. The Labute approximate surface area is 142 Å². The molecule has 0 saturated carbocycles. The maximum absolute atomic E-state index is 5.47. The van der Waals surface area contributed by atoms with E-state index in [1.807, 2.05) is 25.1 Å². The first-order valence-corrected chi connectivity index (χ1v) is 8.24. The molecule has 3 rings (SSSR count). The van der Waals surface area contributed by atoms with Crippen LogP contribution < -0.4 is 15.4 Å². The lowest BCUT2D eigenvalue weighted by molar-refractivity contribution is 0.412. The van der Waals surface area contributed by atoms with Crippen molar-refractivity contribution < 1.29 is 4.74 Å². The monoisotopic (exact) mass is 327 g/mol. The van der Waals surface area contributed by atoms with Crippen molar-refractivity contribution in [3.63, 3.8) is 0 Å². The Kier molecular flexibility index (Phi) is 4.76. The zero-order valence-electron chi connectivity index (χ0n) is 13.4. The van der Waals surface area contributed by atoms with Gasteiger partial charge in [0.15, 0.2) is 5.11 Å². The maximum Gasteiger partial charge on any atom is 0.172 e. The van der Waals surface area contributed by atoms with E-state index in [0.717, 1.165) is 36.4 Å². The molecule has 0 spiro atoms. The molecule has 1 aliphatic carbocycles. The molecule has 2 aromatic rings. The molecular weight excluding hydrogens is 306 g/mol. The van der Waals surface area contributed by atoms with Crippen LogP contribution in [0.15, 0.2) is 36.5 Å². The topological polar surface area (TPSA) is 46.2 Å². The Morgan fingerprint density at radius 1 is 1.35 bits per heavy atom. The molecule has 1 heterocycles. The van der Waals surface area contributed by atoms with Gasteiger partial charge in [0.05, 0.1) is 13.2 Å². The Balaban J connectivity index is 1.72. The second-order valence-electron chi connectivity index (χ2n) is 5.78. The van der Waals surface area contributed by atoms with E-state index in [4.69, 9.17) is 17.0 Å². The number of benzene rings is 1. The van der Waals surface area contributed by atoms with Crippen LogP contribution in [0.1, 0.15) is 35.6 Å². The fraction of sp³-hybridized carbons (Fsp3) is 0.333. The van der Waals surface area contributed by atoms with Gasteiger partial charge in [-0.2, -0.15) is 0 Å². The predicted molar refractivity (Wildman–Crippen MR) is 97.0 cm³/mol. The minimum absolute atomic E-state index is 0.230. The quantitative estimate of drug-likeness (QED) is 0.841. The van der Waals surface area contributed by atoms with Gasteiger partial charge in [-0.1, -0.05) is 12.1 Å². The second kappa shape index (κ2) is 6.96. The number of pyridine rings is 1. The predicted octanol–water partition coefficient (Wildman–Crippen LogP) is 3.76. The molecule has 5 heteroatoms.